The monoisotopic (exact) mass is 570 g/mol. The molecule has 0 aliphatic rings. The van der Waals surface area contributed by atoms with Gasteiger partial charge in [-0.2, -0.15) is 5.06 Å². The molecule has 2 atom stereocenters. The van der Waals surface area contributed by atoms with E-state index in [-0.39, 0.29) is 5.56 Å². The van der Waals surface area contributed by atoms with E-state index in [1.807, 2.05) is 18.2 Å². The van der Waals surface area contributed by atoms with Crippen LogP contribution in [-0.2, 0) is 24.1 Å². The summed E-state index contributed by atoms with van der Waals surface area (Å²) in [5.74, 6) is -5.08. The molecule has 0 saturated carbocycles. The maximum absolute atomic E-state index is 12.2. The smallest absolute Gasteiger partial charge is 0.363 e. The Morgan fingerprint density at radius 3 is 1.80 bits per heavy atom. The lowest BCUT2D eigenvalue weighted by Crippen LogP contribution is -2.47. The van der Waals surface area contributed by atoms with Crippen molar-refractivity contribution >= 4 is 40.6 Å². The number of aliphatic hydroxyl groups excluding tert-OH is 2. The molecule has 0 heterocycles. The molecule has 0 fully saturated rings. The van der Waals surface area contributed by atoms with Crippen molar-refractivity contribution < 1.29 is 54.1 Å². The molecular formula is C28H30N2O11. The molecule has 0 bridgehead atoms. The third-order valence-electron chi connectivity index (χ3n) is 5.73. The molecular weight excluding hydrogens is 540 g/mol. The number of hydrogen-bond acceptors (Lipinski definition) is 10. The molecule has 13 heteroatoms. The fourth-order valence-corrected chi connectivity index (χ4v) is 3.54. The van der Waals surface area contributed by atoms with E-state index in [9.17, 15) is 24.0 Å². The van der Waals surface area contributed by atoms with Gasteiger partial charge in [-0.25, -0.2) is 14.4 Å². The van der Waals surface area contributed by atoms with Crippen LogP contribution < -0.4 is 0 Å². The lowest BCUT2D eigenvalue weighted by Gasteiger charge is -2.24. The molecule has 4 N–H and O–H groups in total. The second kappa shape index (κ2) is 15.1. The number of hydroxylamine groups is 4. The standard InChI is InChI=1S/C15H15NO5.C13H15NO6/c1-16(13(9-17)14(18)19)21-15(20)12-8-4-6-10-5-2-3-7-11(10)12;1-8-5-3-4-6-10(8)13(19)20-14(9(2)16)11(7-15)12(17)18/h2-8,13,17H,9H2,1H3,(H,18,19);3-6,11,15H,7H2,1-2H3,(H,17,18)/t13-;11-/m00/s1. The number of aliphatic hydroxyl groups is 2. The van der Waals surface area contributed by atoms with Crippen molar-refractivity contribution in [2.75, 3.05) is 20.3 Å². The van der Waals surface area contributed by atoms with Gasteiger partial charge >= 0.3 is 23.9 Å². The number of hydrogen-bond donors (Lipinski definition) is 4. The van der Waals surface area contributed by atoms with E-state index in [1.54, 1.807) is 49.4 Å². The number of benzene rings is 3. The van der Waals surface area contributed by atoms with E-state index in [0.29, 0.717) is 21.6 Å². The lowest BCUT2D eigenvalue weighted by atomic mass is 10.1. The average Bonchev–Trinajstić information content (AvgIpc) is 2.93. The number of fused-ring (bicyclic) bond motifs is 1. The van der Waals surface area contributed by atoms with Crippen LogP contribution in [0.1, 0.15) is 33.2 Å². The Labute approximate surface area is 234 Å². The van der Waals surface area contributed by atoms with Crippen molar-refractivity contribution in [3.8, 4) is 0 Å². The van der Waals surface area contributed by atoms with E-state index in [1.165, 1.54) is 13.1 Å². The minimum atomic E-state index is -1.64. The summed E-state index contributed by atoms with van der Waals surface area (Å²) in [7, 11) is 1.29. The number of aryl methyl sites for hydroxylation is 1. The van der Waals surface area contributed by atoms with Gasteiger partial charge < -0.3 is 30.1 Å². The number of carboxylic acids is 2. The third kappa shape index (κ3) is 8.57. The summed E-state index contributed by atoms with van der Waals surface area (Å²) in [6.07, 6.45) is 0. The molecule has 0 aliphatic heterocycles. The van der Waals surface area contributed by atoms with Crippen LogP contribution >= 0.6 is 0 Å². The van der Waals surface area contributed by atoms with Crippen molar-refractivity contribution in [2.24, 2.45) is 0 Å². The molecule has 0 aliphatic carbocycles. The van der Waals surface area contributed by atoms with Crippen LogP contribution in [0.4, 0.5) is 0 Å². The Morgan fingerprint density at radius 1 is 0.732 bits per heavy atom. The SMILES string of the molecule is CC(=O)N(OC(=O)c1ccccc1C)[C@@H](CO)C(=O)O.CN(OC(=O)c1cccc2ccccc12)[C@@H](CO)C(=O)O. The predicted molar refractivity (Wildman–Crippen MR) is 143 cm³/mol. The zero-order valence-electron chi connectivity index (χ0n) is 22.5. The van der Waals surface area contributed by atoms with Crippen LogP contribution in [0.5, 0.6) is 0 Å². The Morgan fingerprint density at radius 2 is 1.24 bits per heavy atom. The number of aliphatic carboxylic acids is 2. The van der Waals surface area contributed by atoms with Crippen LogP contribution in [0, 0.1) is 6.92 Å². The van der Waals surface area contributed by atoms with Crippen LogP contribution in [0.15, 0.2) is 66.7 Å². The van der Waals surface area contributed by atoms with Gasteiger partial charge in [0.2, 0.25) is 0 Å². The summed E-state index contributed by atoms with van der Waals surface area (Å²) < 4.78 is 0. The maximum atomic E-state index is 12.2. The van der Waals surface area contributed by atoms with Gasteiger partial charge in [0.15, 0.2) is 12.1 Å². The molecule has 3 aromatic rings. The summed E-state index contributed by atoms with van der Waals surface area (Å²) in [6, 6.07) is 16.1. The molecule has 218 valence electrons. The highest BCUT2D eigenvalue weighted by molar-refractivity contribution is 6.04. The normalized spacial score (nSPS) is 12.0. The van der Waals surface area contributed by atoms with Crippen molar-refractivity contribution in [2.45, 2.75) is 25.9 Å². The van der Waals surface area contributed by atoms with Gasteiger partial charge in [0.25, 0.3) is 5.91 Å². The fourth-order valence-electron chi connectivity index (χ4n) is 3.54. The van der Waals surface area contributed by atoms with Gasteiger partial charge in [-0.15, -0.1) is 5.06 Å². The largest absolute Gasteiger partial charge is 0.480 e. The molecule has 0 radical (unpaired) electrons. The summed E-state index contributed by atoms with van der Waals surface area (Å²) in [5.41, 5.74) is 1.17. The number of nitrogens with zero attached hydrogens (tertiary/aromatic N) is 2. The van der Waals surface area contributed by atoms with Crippen molar-refractivity contribution in [1.82, 2.24) is 10.1 Å². The van der Waals surface area contributed by atoms with E-state index >= 15 is 0 Å². The molecule has 0 unspecified atom stereocenters. The highest BCUT2D eigenvalue weighted by atomic mass is 16.7. The quantitative estimate of drug-likeness (QED) is 0.272. The number of carbonyl (C=O) groups is 5. The molecule has 1 amide bonds. The Balaban J connectivity index is 0.000000287. The van der Waals surface area contributed by atoms with Gasteiger partial charge in [-0.3, -0.25) is 9.59 Å². The first kappa shape index (κ1) is 32.4. The minimum absolute atomic E-state index is 0.209. The second-order valence-corrected chi connectivity index (χ2v) is 8.56. The number of carbonyl (C=O) groups excluding carboxylic acids is 3. The van der Waals surface area contributed by atoms with E-state index in [4.69, 9.17) is 30.1 Å². The van der Waals surface area contributed by atoms with E-state index in [0.717, 1.165) is 17.4 Å². The molecule has 13 nitrogen and oxygen atoms in total. The van der Waals surface area contributed by atoms with Crippen molar-refractivity contribution in [3.63, 3.8) is 0 Å². The fraction of sp³-hybridized carbons (Fsp3) is 0.250. The predicted octanol–water partition coefficient (Wildman–Crippen LogP) is 1.65. The number of amides is 1. The zero-order valence-corrected chi connectivity index (χ0v) is 22.5. The molecule has 0 spiro atoms. The average molecular weight is 571 g/mol. The topological polar surface area (TPSA) is 191 Å². The first-order chi connectivity index (χ1) is 19.4. The maximum Gasteiger partial charge on any atom is 0.363 e. The van der Waals surface area contributed by atoms with Gasteiger partial charge in [0, 0.05) is 14.0 Å². The van der Waals surface area contributed by atoms with Crippen LogP contribution in [0.3, 0.4) is 0 Å². The molecule has 3 aromatic carbocycles. The highest BCUT2D eigenvalue weighted by Crippen LogP contribution is 2.20. The first-order valence-corrected chi connectivity index (χ1v) is 12.1. The third-order valence-corrected chi connectivity index (χ3v) is 5.73. The Hall–Kier alpha value is -4.85. The first-order valence-electron chi connectivity index (χ1n) is 12.1. The number of rotatable bonds is 9. The van der Waals surface area contributed by atoms with Crippen LogP contribution in [-0.4, -0.2) is 92.7 Å². The summed E-state index contributed by atoms with van der Waals surface area (Å²) in [4.78, 5) is 67.1. The van der Waals surface area contributed by atoms with Gasteiger partial charge in [-0.1, -0.05) is 54.6 Å². The Kier molecular flexibility index (Phi) is 11.9. The second-order valence-electron chi connectivity index (χ2n) is 8.56. The summed E-state index contributed by atoms with van der Waals surface area (Å²) in [6.45, 7) is 1.19. The van der Waals surface area contributed by atoms with Crippen LogP contribution in [0.2, 0.25) is 0 Å². The van der Waals surface area contributed by atoms with E-state index < -0.39 is 55.1 Å². The minimum Gasteiger partial charge on any atom is -0.480 e. The zero-order chi connectivity index (χ0) is 30.7. The number of carboxylic acid groups (broad SMARTS) is 2. The Bertz CT molecular complexity index is 1400. The van der Waals surface area contributed by atoms with Crippen LogP contribution in [0.25, 0.3) is 10.8 Å². The van der Waals surface area contributed by atoms with Gasteiger partial charge in [0.05, 0.1) is 24.3 Å². The molecule has 41 heavy (non-hydrogen) atoms. The van der Waals surface area contributed by atoms with E-state index in [2.05, 4.69) is 0 Å². The lowest BCUT2D eigenvalue weighted by molar-refractivity contribution is -0.188. The van der Waals surface area contributed by atoms with Gasteiger partial charge in [-0.05, 0) is 35.4 Å². The molecule has 3 rings (SSSR count). The molecule has 0 aromatic heterocycles. The highest BCUT2D eigenvalue weighted by Gasteiger charge is 2.31. The van der Waals surface area contributed by atoms with Crippen molar-refractivity contribution in [1.29, 1.82) is 0 Å². The summed E-state index contributed by atoms with van der Waals surface area (Å²) >= 11 is 0. The van der Waals surface area contributed by atoms with Gasteiger partial charge in [0.1, 0.15) is 0 Å². The summed E-state index contributed by atoms with van der Waals surface area (Å²) in [5, 5.41) is 38.6. The molecule has 0 saturated heterocycles. The van der Waals surface area contributed by atoms with Crippen molar-refractivity contribution in [3.05, 3.63) is 83.4 Å². The number of likely N-dealkylation sites (N-methyl/N-ethyl adjacent to an activating group) is 1.